The van der Waals surface area contributed by atoms with Gasteiger partial charge in [0.1, 0.15) is 5.15 Å². The van der Waals surface area contributed by atoms with Gasteiger partial charge in [-0.05, 0) is 30.3 Å². The van der Waals surface area contributed by atoms with Gasteiger partial charge in [0.05, 0.1) is 18.4 Å². The Bertz CT molecular complexity index is 704. The molecule has 1 aromatic heterocycles. The van der Waals surface area contributed by atoms with Crippen LogP contribution in [0, 0.1) is 0 Å². The standard InChI is InChI=1S/C14H10Cl2N2O3/c1-21-14(20)10-7-9(15)2-3-11(10)18-13(19)8-4-5-17-12(16)6-8/h2-7H,1H3,(H,18,19). The number of methoxy groups -OCH3 is 1. The van der Waals surface area contributed by atoms with Crippen molar-refractivity contribution in [3.8, 4) is 0 Å². The third-order valence-electron chi connectivity index (χ3n) is 2.62. The molecule has 21 heavy (non-hydrogen) atoms. The van der Waals surface area contributed by atoms with Crippen molar-refractivity contribution in [2.75, 3.05) is 12.4 Å². The van der Waals surface area contributed by atoms with Crippen molar-refractivity contribution in [3.05, 3.63) is 57.8 Å². The molecule has 0 saturated carbocycles. The minimum atomic E-state index is -0.597. The third kappa shape index (κ3) is 3.71. The van der Waals surface area contributed by atoms with Crippen LogP contribution < -0.4 is 5.32 Å². The lowest BCUT2D eigenvalue weighted by Gasteiger charge is -2.10. The zero-order valence-electron chi connectivity index (χ0n) is 10.9. The SMILES string of the molecule is COC(=O)c1cc(Cl)ccc1NC(=O)c1ccnc(Cl)c1. The molecule has 5 nitrogen and oxygen atoms in total. The average molecular weight is 325 g/mol. The summed E-state index contributed by atoms with van der Waals surface area (Å²) >= 11 is 11.6. The first kappa shape index (κ1) is 15.3. The Labute approximate surface area is 130 Å². The number of ether oxygens (including phenoxy) is 1. The summed E-state index contributed by atoms with van der Waals surface area (Å²) in [7, 11) is 1.25. The number of esters is 1. The molecular weight excluding hydrogens is 315 g/mol. The predicted molar refractivity (Wildman–Crippen MR) is 80.0 cm³/mol. The number of carbonyl (C=O) groups is 2. The first-order valence-corrected chi connectivity index (χ1v) is 6.57. The van der Waals surface area contributed by atoms with Crippen LogP contribution in [0.5, 0.6) is 0 Å². The molecular formula is C14H10Cl2N2O3. The van der Waals surface area contributed by atoms with E-state index in [1.165, 1.54) is 37.6 Å². The van der Waals surface area contributed by atoms with Gasteiger partial charge >= 0.3 is 5.97 Å². The zero-order valence-corrected chi connectivity index (χ0v) is 12.4. The fraction of sp³-hybridized carbons (Fsp3) is 0.0714. The number of hydrogen-bond donors (Lipinski definition) is 1. The normalized spacial score (nSPS) is 10.0. The number of nitrogens with one attached hydrogen (secondary N) is 1. The Morgan fingerprint density at radius 2 is 1.95 bits per heavy atom. The number of carbonyl (C=O) groups excluding carboxylic acids is 2. The minimum absolute atomic E-state index is 0.165. The van der Waals surface area contributed by atoms with Crippen LogP contribution in [-0.2, 0) is 4.74 Å². The molecule has 0 spiro atoms. The highest BCUT2D eigenvalue weighted by Gasteiger charge is 2.15. The molecule has 108 valence electrons. The van der Waals surface area contributed by atoms with E-state index in [1.54, 1.807) is 6.07 Å². The molecule has 0 aliphatic carbocycles. The summed E-state index contributed by atoms with van der Waals surface area (Å²) < 4.78 is 4.66. The lowest BCUT2D eigenvalue weighted by Crippen LogP contribution is -2.15. The maximum absolute atomic E-state index is 12.1. The van der Waals surface area contributed by atoms with Crippen molar-refractivity contribution < 1.29 is 14.3 Å². The maximum atomic E-state index is 12.1. The van der Waals surface area contributed by atoms with Crippen LogP contribution in [-0.4, -0.2) is 24.0 Å². The van der Waals surface area contributed by atoms with Gasteiger partial charge in [0, 0.05) is 16.8 Å². The monoisotopic (exact) mass is 324 g/mol. The smallest absolute Gasteiger partial charge is 0.340 e. The molecule has 1 N–H and O–H groups in total. The van der Waals surface area contributed by atoms with Gasteiger partial charge in [0.15, 0.2) is 0 Å². The summed E-state index contributed by atoms with van der Waals surface area (Å²) in [5.74, 6) is -1.02. The average Bonchev–Trinajstić information content (AvgIpc) is 2.48. The molecule has 0 fully saturated rings. The van der Waals surface area contributed by atoms with Crippen LogP contribution in [0.2, 0.25) is 10.2 Å². The molecule has 0 aliphatic rings. The van der Waals surface area contributed by atoms with E-state index in [2.05, 4.69) is 15.0 Å². The number of nitrogens with zero attached hydrogens (tertiary/aromatic N) is 1. The van der Waals surface area contributed by atoms with E-state index in [-0.39, 0.29) is 10.7 Å². The van der Waals surface area contributed by atoms with Crippen LogP contribution in [0.4, 0.5) is 5.69 Å². The van der Waals surface area contributed by atoms with Gasteiger partial charge < -0.3 is 10.1 Å². The van der Waals surface area contributed by atoms with Crippen molar-refractivity contribution in [1.29, 1.82) is 0 Å². The van der Waals surface area contributed by atoms with E-state index in [0.29, 0.717) is 16.3 Å². The number of pyridine rings is 1. The predicted octanol–water partition coefficient (Wildman–Crippen LogP) is 3.43. The van der Waals surface area contributed by atoms with E-state index < -0.39 is 11.9 Å². The van der Waals surface area contributed by atoms with Crippen LogP contribution in [0.3, 0.4) is 0 Å². The van der Waals surface area contributed by atoms with Crippen molar-refractivity contribution >= 4 is 40.8 Å². The van der Waals surface area contributed by atoms with Gasteiger partial charge in [-0.1, -0.05) is 23.2 Å². The van der Waals surface area contributed by atoms with Gasteiger partial charge in [0.2, 0.25) is 0 Å². The quantitative estimate of drug-likeness (QED) is 0.693. The molecule has 2 rings (SSSR count). The number of aromatic nitrogens is 1. The summed E-state index contributed by atoms with van der Waals surface area (Å²) in [6, 6.07) is 7.43. The van der Waals surface area contributed by atoms with E-state index in [1.807, 2.05) is 0 Å². The van der Waals surface area contributed by atoms with Crippen molar-refractivity contribution in [1.82, 2.24) is 4.98 Å². The van der Waals surface area contributed by atoms with Crippen LogP contribution >= 0.6 is 23.2 Å². The number of hydrogen-bond acceptors (Lipinski definition) is 4. The topological polar surface area (TPSA) is 68.3 Å². The molecule has 1 heterocycles. The Kier molecular flexibility index (Phi) is 4.77. The van der Waals surface area contributed by atoms with E-state index in [0.717, 1.165) is 0 Å². The lowest BCUT2D eigenvalue weighted by molar-refractivity contribution is 0.0602. The number of halogens is 2. The zero-order chi connectivity index (χ0) is 15.4. The van der Waals surface area contributed by atoms with Crippen LogP contribution in [0.1, 0.15) is 20.7 Å². The van der Waals surface area contributed by atoms with E-state index in [9.17, 15) is 9.59 Å². The molecule has 7 heteroatoms. The first-order valence-electron chi connectivity index (χ1n) is 5.82. The van der Waals surface area contributed by atoms with Gasteiger partial charge in [-0.25, -0.2) is 9.78 Å². The second-order valence-electron chi connectivity index (χ2n) is 4.00. The molecule has 0 radical (unpaired) electrons. The minimum Gasteiger partial charge on any atom is -0.465 e. The molecule has 0 saturated heterocycles. The Morgan fingerprint density at radius 3 is 2.62 bits per heavy atom. The highest BCUT2D eigenvalue weighted by atomic mass is 35.5. The number of rotatable bonds is 3. The highest BCUT2D eigenvalue weighted by molar-refractivity contribution is 6.31. The first-order chi connectivity index (χ1) is 10.0. The molecule has 1 amide bonds. The summed E-state index contributed by atoms with van der Waals surface area (Å²) in [6.45, 7) is 0. The highest BCUT2D eigenvalue weighted by Crippen LogP contribution is 2.22. The van der Waals surface area contributed by atoms with Gasteiger partial charge in [-0.2, -0.15) is 0 Å². The van der Waals surface area contributed by atoms with E-state index >= 15 is 0 Å². The second-order valence-corrected chi connectivity index (χ2v) is 4.83. The van der Waals surface area contributed by atoms with Crippen molar-refractivity contribution in [2.45, 2.75) is 0 Å². The Balaban J connectivity index is 2.31. The fourth-order valence-corrected chi connectivity index (χ4v) is 1.99. The summed E-state index contributed by atoms with van der Waals surface area (Å²) in [5.41, 5.74) is 0.781. The molecule has 0 atom stereocenters. The molecule has 1 aromatic carbocycles. The Hall–Kier alpha value is -2.11. The molecule has 0 unspecified atom stereocenters. The summed E-state index contributed by atoms with van der Waals surface area (Å²) in [5, 5.41) is 3.17. The summed E-state index contributed by atoms with van der Waals surface area (Å²) in [4.78, 5) is 27.6. The largest absolute Gasteiger partial charge is 0.465 e. The van der Waals surface area contributed by atoms with E-state index in [4.69, 9.17) is 23.2 Å². The molecule has 2 aromatic rings. The van der Waals surface area contributed by atoms with Crippen LogP contribution in [0.15, 0.2) is 36.5 Å². The Morgan fingerprint density at radius 1 is 1.19 bits per heavy atom. The number of anilines is 1. The fourth-order valence-electron chi connectivity index (χ4n) is 1.64. The second kappa shape index (κ2) is 6.56. The summed E-state index contributed by atoms with van der Waals surface area (Å²) in [6.07, 6.45) is 1.42. The number of amides is 1. The maximum Gasteiger partial charge on any atom is 0.340 e. The van der Waals surface area contributed by atoms with Gasteiger partial charge in [-0.15, -0.1) is 0 Å². The number of benzene rings is 1. The lowest BCUT2D eigenvalue weighted by atomic mass is 10.1. The molecule has 0 bridgehead atoms. The van der Waals surface area contributed by atoms with Crippen LogP contribution in [0.25, 0.3) is 0 Å². The van der Waals surface area contributed by atoms with Crippen molar-refractivity contribution in [2.24, 2.45) is 0 Å². The van der Waals surface area contributed by atoms with Gasteiger partial charge in [-0.3, -0.25) is 4.79 Å². The third-order valence-corrected chi connectivity index (χ3v) is 3.07. The van der Waals surface area contributed by atoms with Crippen molar-refractivity contribution in [3.63, 3.8) is 0 Å². The molecule has 0 aliphatic heterocycles. The van der Waals surface area contributed by atoms with Gasteiger partial charge in [0.25, 0.3) is 5.91 Å².